The van der Waals surface area contributed by atoms with Crippen molar-refractivity contribution in [3.63, 3.8) is 0 Å². The van der Waals surface area contributed by atoms with Gasteiger partial charge in [-0.15, -0.1) is 0 Å². The molecule has 0 bridgehead atoms. The minimum absolute atomic E-state index is 0.467. The Morgan fingerprint density at radius 2 is 2.31 bits per heavy atom. The third kappa shape index (κ3) is 2.27. The van der Waals surface area contributed by atoms with Gasteiger partial charge in [0.2, 0.25) is 0 Å². The minimum atomic E-state index is 0.467. The molecule has 2 heterocycles. The molecule has 2 aromatic heterocycles. The summed E-state index contributed by atoms with van der Waals surface area (Å²) in [6.07, 6.45) is 4.54. The zero-order chi connectivity index (χ0) is 11.4. The lowest BCUT2D eigenvalue weighted by atomic mass is 10.4. The largest absolute Gasteiger partial charge is 0.325 e. The number of rotatable bonds is 5. The molecule has 6 heteroatoms. The van der Waals surface area contributed by atoms with Gasteiger partial charge in [-0.2, -0.15) is 10.2 Å². The highest BCUT2D eigenvalue weighted by molar-refractivity contribution is 4.99. The number of aromatic nitrogens is 5. The lowest BCUT2D eigenvalue weighted by Crippen LogP contribution is -2.11. The molecule has 16 heavy (non-hydrogen) atoms. The highest BCUT2D eigenvalue weighted by Crippen LogP contribution is 2.01. The van der Waals surface area contributed by atoms with Crippen molar-refractivity contribution in [2.24, 2.45) is 5.73 Å². The van der Waals surface area contributed by atoms with E-state index >= 15 is 0 Å². The van der Waals surface area contributed by atoms with Crippen molar-refractivity contribution < 1.29 is 0 Å². The third-order valence-electron chi connectivity index (χ3n) is 2.34. The summed E-state index contributed by atoms with van der Waals surface area (Å²) in [4.78, 5) is 4.22. The Labute approximate surface area is 94.1 Å². The minimum Gasteiger partial charge on any atom is -0.325 e. The van der Waals surface area contributed by atoms with Crippen molar-refractivity contribution >= 4 is 0 Å². The van der Waals surface area contributed by atoms with E-state index in [-0.39, 0.29) is 0 Å². The third-order valence-corrected chi connectivity index (χ3v) is 2.34. The molecule has 0 amide bonds. The van der Waals surface area contributed by atoms with Gasteiger partial charge in [0.15, 0.2) is 0 Å². The molecule has 0 aliphatic rings. The van der Waals surface area contributed by atoms with Crippen molar-refractivity contribution in [3.05, 3.63) is 30.1 Å². The predicted molar refractivity (Wildman–Crippen MR) is 59.5 cm³/mol. The van der Waals surface area contributed by atoms with Gasteiger partial charge in [-0.05, 0) is 12.5 Å². The van der Waals surface area contributed by atoms with Gasteiger partial charge in [-0.3, -0.25) is 4.68 Å². The Kier molecular flexibility index (Phi) is 3.31. The lowest BCUT2D eigenvalue weighted by Gasteiger charge is -2.04. The van der Waals surface area contributed by atoms with Crippen LogP contribution in [0.1, 0.15) is 24.9 Å². The zero-order valence-corrected chi connectivity index (χ0v) is 9.37. The van der Waals surface area contributed by atoms with E-state index in [1.165, 1.54) is 0 Å². The van der Waals surface area contributed by atoms with E-state index in [1.807, 2.05) is 21.6 Å². The number of nitrogens with two attached hydrogens (primary N) is 1. The van der Waals surface area contributed by atoms with Crippen molar-refractivity contribution in [2.75, 3.05) is 0 Å². The summed E-state index contributed by atoms with van der Waals surface area (Å²) >= 11 is 0. The summed E-state index contributed by atoms with van der Waals surface area (Å²) in [5.41, 5.74) is 6.40. The summed E-state index contributed by atoms with van der Waals surface area (Å²) in [5.74, 6) is 0.925. The lowest BCUT2D eigenvalue weighted by molar-refractivity contribution is 0.537. The van der Waals surface area contributed by atoms with E-state index in [4.69, 9.17) is 5.73 Å². The van der Waals surface area contributed by atoms with Crippen LogP contribution in [0.5, 0.6) is 0 Å². The normalized spacial score (nSPS) is 10.9. The molecule has 2 N–H and O–H groups in total. The van der Waals surface area contributed by atoms with Gasteiger partial charge in [0.05, 0.1) is 5.69 Å². The molecule has 0 unspecified atom stereocenters. The molecule has 6 nitrogen and oxygen atoms in total. The van der Waals surface area contributed by atoms with Crippen LogP contribution >= 0.6 is 0 Å². The van der Waals surface area contributed by atoms with Crippen LogP contribution in [0.25, 0.3) is 0 Å². The van der Waals surface area contributed by atoms with Crippen LogP contribution in [-0.4, -0.2) is 24.5 Å². The summed E-state index contributed by atoms with van der Waals surface area (Å²) in [6.45, 7) is 4.11. The molecule has 0 radical (unpaired) electrons. The van der Waals surface area contributed by atoms with Crippen LogP contribution in [-0.2, 0) is 19.6 Å². The molecule has 2 aromatic rings. The maximum atomic E-state index is 5.51. The van der Waals surface area contributed by atoms with Crippen LogP contribution in [0.3, 0.4) is 0 Å². The molecule has 0 aliphatic carbocycles. The van der Waals surface area contributed by atoms with Crippen LogP contribution in [0.2, 0.25) is 0 Å². The van der Waals surface area contributed by atoms with Gasteiger partial charge in [0.25, 0.3) is 0 Å². The van der Waals surface area contributed by atoms with Gasteiger partial charge >= 0.3 is 0 Å². The fourth-order valence-corrected chi connectivity index (χ4v) is 1.55. The van der Waals surface area contributed by atoms with Crippen LogP contribution in [0.15, 0.2) is 18.6 Å². The molecule has 0 fully saturated rings. The molecule has 0 saturated heterocycles. The molecule has 0 saturated carbocycles. The van der Waals surface area contributed by atoms with Crippen LogP contribution in [0.4, 0.5) is 0 Å². The molecule has 86 valence electrons. The van der Waals surface area contributed by atoms with E-state index in [0.29, 0.717) is 13.1 Å². The maximum Gasteiger partial charge on any atom is 0.148 e. The van der Waals surface area contributed by atoms with Crippen molar-refractivity contribution in [3.8, 4) is 0 Å². The fourth-order valence-electron chi connectivity index (χ4n) is 1.55. The zero-order valence-electron chi connectivity index (χ0n) is 9.37. The molecule has 0 spiro atoms. The second-order valence-corrected chi connectivity index (χ2v) is 3.61. The first-order valence-corrected chi connectivity index (χ1v) is 5.42. The molecular formula is C10H16N6. The van der Waals surface area contributed by atoms with E-state index in [1.54, 1.807) is 6.33 Å². The number of hydrogen-bond acceptors (Lipinski definition) is 4. The Morgan fingerprint density at radius 3 is 3.00 bits per heavy atom. The van der Waals surface area contributed by atoms with Gasteiger partial charge in [-0.1, -0.05) is 6.92 Å². The number of nitrogens with zero attached hydrogens (tertiary/aromatic N) is 5. The number of hydrogen-bond donors (Lipinski definition) is 1. The Morgan fingerprint density at radius 1 is 1.44 bits per heavy atom. The quantitative estimate of drug-likeness (QED) is 0.791. The summed E-state index contributed by atoms with van der Waals surface area (Å²) in [7, 11) is 0. The van der Waals surface area contributed by atoms with Gasteiger partial charge in [0, 0.05) is 19.3 Å². The first kappa shape index (κ1) is 10.8. The number of aryl methyl sites for hydroxylation is 1. The van der Waals surface area contributed by atoms with Gasteiger partial charge in [0.1, 0.15) is 18.7 Å². The smallest absolute Gasteiger partial charge is 0.148 e. The highest BCUT2D eigenvalue weighted by atomic mass is 15.4. The summed E-state index contributed by atoms with van der Waals surface area (Å²) in [6, 6.07) is 1.92. The molecule has 2 rings (SSSR count). The SMILES string of the molecule is CCCn1ncnc1Cn1ccc(CN)n1. The summed E-state index contributed by atoms with van der Waals surface area (Å²) < 4.78 is 3.74. The van der Waals surface area contributed by atoms with Crippen molar-refractivity contribution in [2.45, 2.75) is 33.0 Å². The van der Waals surface area contributed by atoms with Crippen LogP contribution in [0, 0.1) is 0 Å². The topological polar surface area (TPSA) is 74.5 Å². The van der Waals surface area contributed by atoms with E-state index in [2.05, 4.69) is 22.1 Å². The van der Waals surface area contributed by atoms with Crippen molar-refractivity contribution in [1.82, 2.24) is 24.5 Å². The van der Waals surface area contributed by atoms with Gasteiger partial charge < -0.3 is 5.73 Å². The first-order valence-electron chi connectivity index (χ1n) is 5.42. The highest BCUT2D eigenvalue weighted by Gasteiger charge is 2.05. The van der Waals surface area contributed by atoms with Crippen LogP contribution < -0.4 is 5.73 Å². The fraction of sp³-hybridized carbons (Fsp3) is 0.500. The van der Waals surface area contributed by atoms with Crippen molar-refractivity contribution in [1.29, 1.82) is 0 Å². The van der Waals surface area contributed by atoms with Gasteiger partial charge in [-0.25, -0.2) is 9.67 Å². The van der Waals surface area contributed by atoms with E-state index in [9.17, 15) is 0 Å². The van der Waals surface area contributed by atoms with E-state index < -0.39 is 0 Å². The average molecular weight is 220 g/mol. The monoisotopic (exact) mass is 220 g/mol. The summed E-state index contributed by atoms with van der Waals surface area (Å²) in [5, 5.41) is 8.48. The van der Waals surface area contributed by atoms with E-state index in [0.717, 1.165) is 24.5 Å². The average Bonchev–Trinajstić information content (AvgIpc) is 2.90. The molecule has 0 aliphatic heterocycles. The molecule has 0 aromatic carbocycles. The second-order valence-electron chi connectivity index (χ2n) is 3.61. The maximum absolute atomic E-state index is 5.51. The Hall–Kier alpha value is -1.69. The standard InChI is InChI=1S/C10H16N6/c1-2-4-16-10(12-8-13-16)7-15-5-3-9(6-11)14-15/h3,5,8H,2,4,6-7,11H2,1H3. The molecule has 0 atom stereocenters. The Balaban J connectivity index is 2.10. The Bertz CT molecular complexity index is 444. The molecular weight excluding hydrogens is 204 g/mol. The predicted octanol–water partition coefficient (Wildman–Crippen LogP) is 0.392. The first-order chi connectivity index (χ1) is 7.83. The second kappa shape index (κ2) is 4.89.